The van der Waals surface area contributed by atoms with Crippen molar-refractivity contribution >= 4 is 11.5 Å². The predicted molar refractivity (Wildman–Crippen MR) is 67.1 cm³/mol. The Labute approximate surface area is 99.7 Å². The Morgan fingerprint density at radius 3 is 2.71 bits per heavy atom. The quantitative estimate of drug-likeness (QED) is 0.843. The number of hydrogen-bond donors (Lipinski definition) is 2. The van der Waals surface area contributed by atoms with E-state index in [9.17, 15) is 0 Å². The van der Waals surface area contributed by atoms with Crippen LogP contribution in [-0.2, 0) is 0 Å². The van der Waals surface area contributed by atoms with Gasteiger partial charge in [-0.1, -0.05) is 18.2 Å². The van der Waals surface area contributed by atoms with E-state index in [4.69, 9.17) is 10.5 Å². The molecule has 0 bridgehead atoms. The standard InChI is InChI=1S/C12H14N4O/c1-2-14-11-10(13)12(16-8-15-11)17-9-6-4-3-5-7-9/h3-8H,2,13H2,1H3,(H,14,15,16). The highest BCUT2D eigenvalue weighted by Gasteiger charge is 2.08. The fourth-order valence-corrected chi connectivity index (χ4v) is 1.37. The average molecular weight is 230 g/mol. The van der Waals surface area contributed by atoms with Crippen LogP contribution in [0.25, 0.3) is 0 Å². The van der Waals surface area contributed by atoms with Gasteiger partial charge in [-0.3, -0.25) is 0 Å². The Bertz CT molecular complexity index is 487. The summed E-state index contributed by atoms with van der Waals surface area (Å²) in [6.45, 7) is 2.71. The zero-order valence-electron chi connectivity index (χ0n) is 9.55. The smallest absolute Gasteiger partial charge is 0.248 e. The molecule has 2 rings (SSSR count). The second kappa shape index (κ2) is 5.16. The molecule has 0 spiro atoms. The molecule has 1 aromatic carbocycles. The summed E-state index contributed by atoms with van der Waals surface area (Å²) in [6.07, 6.45) is 1.42. The Morgan fingerprint density at radius 1 is 1.24 bits per heavy atom. The summed E-state index contributed by atoms with van der Waals surface area (Å²) in [5.41, 5.74) is 6.32. The molecule has 0 unspecified atom stereocenters. The lowest BCUT2D eigenvalue weighted by atomic mass is 10.3. The van der Waals surface area contributed by atoms with E-state index >= 15 is 0 Å². The lowest BCUT2D eigenvalue weighted by Crippen LogP contribution is -2.05. The van der Waals surface area contributed by atoms with E-state index in [1.807, 2.05) is 37.3 Å². The summed E-state index contributed by atoms with van der Waals surface area (Å²) in [6, 6.07) is 9.37. The van der Waals surface area contributed by atoms with Crippen molar-refractivity contribution in [3.05, 3.63) is 36.7 Å². The Hall–Kier alpha value is -2.30. The number of benzene rings is 1. The number of hydrogen-bond acceptors (Lipinski definition) is 5. The number of aromatic nitrogens is 2. The number of nitrogen functional groups attached to an aromatic ring is 1. The average Bonchev–Trinajstić information content (AvgIpc) is 2.36. The van der Waals surface area contributed by atoms with Crippen LogP contribution < -0.4 is 15.8 Å². The van der Waals surface area contributed by atoms with Gasteiger partial charge in [-0.25, -0.2) is 4.98 Å². The van der Waals surface area contributed by atoms with Gasteiger partial charge in [0, 0.05) is 6.54 Å². The van der Waals surface area contributed by atoms with Gasteiger partial charge < -0.3 is 15.8 Å². The molecular weight excluding hydrogens is 216 g/mol. The maximum atomic E-state index is 5.90. The minimum absolute atomic E-state index is 0.363. The number of para-hydroxylation sites is 1. The van der Waals surface area contributed by atoms with Crippen molar-refractivity contribution in [2.45, 2.75) is 6.92 Å². The zero-order chi connectivity index (χ0) is 12.1. The lowest BCUT2D eigenvalue weighted by Gasteiger charge is -2.10. The maximum absolute atomic E-state index is 5.90. The third-order valence-corrected chi connectivity index (χ3v) is 2.15. The highest BCUT2D eigenvalue weighted by Crippen LogP contribution is 2.28. The van der Waals surface area contributed by atoms with Crippen LogP contribution in [-0.4, -0.2) is 16.5 Å². The van der Waals surface area contributed by atoms with Crippen molar-refractivity contribution in [2.24, 2.45) is 0 Å². The first-order valence-electron chi connectivity index (χ1n) is 5.38. The zero-order valence-corrected chi connectivity index (χ0v) is 9.55. The molecule has 0 radical (unpaired) electrons. The fraction of sp³-hybridized carbons (Fsp3) is 0.167. The molecule has 2 aromatic rings. The van der Waals surface area contributed by atoms with Crippen molar-refractivity contribution in [1.29, 1.82) is 0 Å². The molecule has 5 nitrogen and oxygen atoms in total. The highest BCUT2D eigenvalue weighted by molar-refractivity contribution is 5.66. The number of nitrogens with zero attached hydrogens (tertiary/aromatic N) is 2. The lowest BCUT2D eigenvalue weighted by molar-refractivity contribution is 0.464. The van der Waals surface area contributed by atoms with Gasteiger partial charge in [0.15, 0.2) is 5.82 Å². The second-order valence-electron chi connectivity index (χ2n) is 3.39. The van der Waals surface area contributed by atoms with Gasteiger partial charge in [0.05, 0.1) is 0 Å². The number of nitrogens with one attached hydrogen (secondary N) is 1. The van der Waals surface area contributed by atoms with Crippen LogP contribution in [0.5, 0.6) is 11.6 Å². The predicted octanol–water partition coefficient (Wildman–Crippen LogP) is 2.28. The van der Waals surface area contributed by atoms with Crippen LogP contribution in [0.2, 0.25) is 0 Å². The van der Waals surface area contributed by atoms with Gasteiger partial charge in [-0.2, -0.15) is 4.98 Å². The largest absolute Gasteiger partial charge is 0.437 e. The van der Waals surface area contributed by atoms with E-state index in [1.54, 1.807) is 0 Å². The minimum atomic E-state index is 0.363. The summed E-state index contributed by atoms with van der Waals surface area (Å²) in [5, 5.41) is 3.05. The number of rotatable bonds is 4. The van der Waals surface area contributed by atoms with Crippen LogP contribution in [0.15, 0.2) is 36.7 Å². The molecule has 0 saturated heterocycles. The third-order valence-electron chi connectivity index (χ3n) is 2.15. The topological polar surface area (TPSA) is 73.1 Å². The van der Waals surface area contributed by atoms with Gasteiger partial charge in [0.2, 0.25) is 5.88 Å². The normalized spacial score (nSPS) is 9.94. The fourth-order valence-electron chi connectivity index (χ4n) is 1.37. The summed E-state index contributed by atoms with van der Waals surface area (Å²) in [5.74, 6) is 1.65. The third kappa shape index (κ3) is 2.63. The van der Waals surface area contributed by atoms with E-state index in [0.717, 1.165) is 6.54 Å². The molecule has 1 aromatic heterocycles. The summed E-state index contributed by atoms with van der Waals surface area (Å²) in [7, 11) is 0. The second-order valence-corrected chi connectivity index (χ2v) is 3.39. The van der Waals surface area contributed by atoms with Gasteiger partial charge in [0.1, 0.15) is 17.8 Å². The van der Waals surface area contributed by atoms with Crippen LogP contribution >= 0.6 is 0 Å². The van der Waals surface area contributed by atoms with Crippen LogP contribution in [0.1, 0.15) is 6.92 Å². The van der Waals surface area contributed by atoms with Gasteiger partial charge in [0.25, 0.3) is 0 Å². The van der Waals surface area contributed by atoms with Gasteiger partial charge >= 0.3 is 0 Å². The molecule has 0 amide bonds. The van der Waals surface area contributed by atoms with E-state index < -0.39 is 0 Å². The number of anilines is 2. The van der Waals surface area contributed by atoms with Crippen LogP contribution in [0, 0.1) is 0 Å². The molecule has 5 heteroatoms. The molecule has 0 fully saturated rings. The first-order valence-corrected chi connectivity index (χ1v) is 5.38. The van der Waals surface area contributed by atoms with Crippen molar-refractivity contribution in [3.63, 3.8) is 0 Å². The van der Waals surface area contributed by atoms with Crippen molar-refractivity contribution in [3.8, 4) is 11.6 Å². The molecule has 0 saturated carbocycles. The van der Waals surface area contributed by atoms with Gasteiger partial charge in [-0.15, -0.1) is 0 Å². The molecule has 88 valence electrons. The number of nitrogens with two attached hydrogens (primary N) is 1. The molecule has 0 atom stereocenters. The summed E-state index contributed by atoms with van der Waals surface area (Å²) >= 11 is 0. The molecule has 1 heterocycles. The Kier molecular flexibility index (Phi) is 3.40. The first kappa shape index (κ1) is 11.2. The van der Waals surface area contributed by atoms with Crippen LogP contribution in [0.3, 0.4) is 0 Å². The Balaban J connectivity index is 2.24. The first-order chi connectivity index (χ1) is 8.31. The minimum Gasteiger partial charge on any atom is -0.437 e. The monoisotopic (exact) mass is 230 g/mol. The van der Waals surface area contributed by atoms with Crippen molar-refractivity contribution < 1.29 is 4.74 Å². The van der Waals surface area contributed by atoms with E-state index in [-0.39, 0.29) is 0 Å². The summed E-state index contributed by atoms with van der Waals surface area (Å²) < 4.78 is 5.58. The van der Waals surface area contributed by atoms with E-state index in [2.05, 4.69) is 15.3 Å². The molecule has 17 heavy (non-hydrogen) atoms. The SMILES string of the molecule is CCNc1ncnc(Oc2ccccc2)c1N. The molecule has 0 aliphatic heterocycles. The van der Waals surface area contributed by atoms with E-state index in [1.165, 1.54) is 6.33 Å². The molecule has 0 aliphatic rings. The molecular formula is C12H14N4O. The van der Waals surface area contributed by atoms with Crippen LogP contribution in [0.4, 0.5) is 11.5 Å². The maximum Gasteiger partial charge on any atom is 0.248 e. The number of ether oxygens (including phenoxy) is 1. The van der Waals surface area contributed by atoms with Crippen molar-refractivity contribution in [1.82, 2.24) is 9.97 Å². The van der Waals surface area contributed by atoms with Crippen molar-refractivity contribution in [2.75, 3.05) is 17.6 Å². The summed E-state index contributed by atoms with van der Waals surface area (Å²) in [4.78, 5) is 8.06. The molecule has 3 N–H and O–H groups in total. The highest BCUT2D eigenvalue weighted by atomic mass is 16.5. The molecule has 0 aliphatic carbocycles. The van der Waals surface area contributed by atoms with E-state index in [0.29, 0.717) is 23.1 Å². The van der Waals surface area contributed by atoms with Gasteiger partial charge in [-0.05, 0) is 19.1 Å². The Morgan fingerprint density at radius 2 is 2.00 bits per heavy atom.